The summed E-state index contributed by atoms with van der Waals surface area (Å²) in [7, 11) is 0. The highest BCUT2D eigenvalue weighted by Crippen LogP contribution is 2.38. The van der Waals surface area contributed by atoms with Crippen LogP contribution < -0.4 is 10.5 Å². The van der Waals surface area contributed by atoms with Crippen molar-refractivity contribution in [3.8, 4) is 11.5 Å². The van der Waals surface area contributed by atoms with Crippen LogP contribution in [-0.4, -0.2) is 11.4 Å². The average Bonchev–Trinajstić information content (AvgIpc) is 2.65. The van der Waals surface area contributed by atoms with Gasteiger partial charge in [0.15, 0.2) is 5.75 Å². The van der Waals surface area contributed by atoms with E-state index in [1.807, 2.05) is 18.2 Å². The number of fused-ring (bicyclic) bond motifs is 1. The summed E-state index contributed by atoms with van der Waals surface area (Å²) in [6.07, 6.45) is 0.894. The van der Waals surface area contributed by atoms with E-state index in [4.69, 9.17) is 33.7 Å². The molecule has 0 radical (unpaired) electrons. The Bertz CT molecular complexity index is 1000. The molecule has 1 aliphatic rings. The first-order valence-corrected chi connectivity index (χ1v) is 9.74. The number of ether oxygens (including phenoxy) is 1. The Labute approximate surface area is 173 Å². The maximum absolute atomic E-state index is 13.4. The van der Waals surface area contributed by atoms with E-state index in [0.717, 1.165) is 31.6 Å². The number of rotatable bonds is 4. The second kappa shape index (κ2) is 8.00. The van der Waals surface area contributed by atoms with Crippen molar-refractivity contribution in [2.75, 3.05) is 12.3 Å². The summed E-state index contributed by atoms with van der Waals surface area (Å²) in [5, 5.41) is 0.757. The van der Waals surface area contributed by atoms with Gasteiger partial charge in [0.2, 0.25) is 0 Å². The molecular weight excluding hydrogens is 398 g/mol. The maximum Gasteiger partial charge on any atom is 0.164 e. The van der Waals surface area contributed by atoms with Gasteiger partial charge in [-0.2, -0.15) is 0 Å². The molecule has 0 bridgehead atoms. The van der Waals surface area contributed by atoms with Crippen molar-refractivity contribution >= 4 is 28.9 Å². The summed E-state index contributed by atoms with van der Waals surface area (Å²) in [6, 6.07) is 16.0. The van der Waals surface area contributed by atoms with E-state index in [1.54, 1.807) is 24.3 Å². The molecule has 1 aliphatic heterocycles. The summed E-state index contributed by atoms with van der Waals surface area (Å²) >= 11 is 12.4. The van der Waals surface area contributed by atoms with Crippen LogP contribution >= 0.6 is 23.2 Å². The number of nitrogen functional groups attached to an aromatic ring is 1. The van der Waals surface area contributed by atoms with E-state index in [0.29, 0.717) is 27.2 Å². The molecule has 3 aromatic carbocycles. The number of anilines is 1. The lowest BCUT2D eigenvalue weighted by atomic mass is 9.99. The smallest absolute Gasteiger partial charge is 0.164 e. The summed E-state index contributed by atoms with van der Waals surface area (Å²) < 4.78 is 19.3. The second-order valence-electron chi connectivity index (χ2n) is 6.94. The fourth-order valence-electron chi connectivity index (χ4n) is 3.47. The minimum absolute atomic E-state index is 0.198. The number of nitrogens with zero attached hydrogens (tertiary/aromatic N) is 1. The van der Waals surface area contributed by atoms with Crippen LogP contribution in [0.25, 0.3) is 0 Å². The first-order chi connectivity index (χ1) is 13.5. The van der Waals surface area contributed by atoms with Crippen LogP contribution in [0.5, 0.6) is 11.5 Å². The third-order valence-corrected chi connectivity index (χ3v) is 5.37. The summed E-state index contributed by atoms with van der Waals surface area (Å²) in [5.41, 5.74) is 9.69. The van der Waals surface area contributed by atoms with Gasteiger partial charge >= 0.3 is 0 Å². The van der Waals surface area contributed by atoms with Crippen molar-refractivity contribution in [3.05, 3.63) is 87.2 Å². The highest BCUT2D eigenvalue weighted by molar-refractivity contribution is 6.37. The summed E-state index contributed by atoms with van der Waals surface area (Å²) in [4.78, 5) is 2.31. The Balaban J connectivity index is 1.48. The van der Waals surface area contributed by atoms with Crippen LogP contribution in [0.4, 0.5) is 10.1 Å². The SMILES string of the molecule is Nc1cc(Cl)c(Oc2ccc3c(c2)CCN(Cc2cccc(F)c2)C3)c(Cl)c1. The van der Waals surface area contributed by atoms with Crippen LogP contribution in [-0.2, 0) is 19.5 Å². The zero-order valence-electron chi connectivity index (χ0n) is 15.1. The van der Waals surface area contributed by atoms with Gasteiger partial charge in [-0.3, -0.25) is 4.90 Å². The fraction of sp³-hybridized carbons (Fsp3) is 0.182. The highest BCUT2D eigenvalue weighted by Gasteiger charge is 2.18. The van der Waals surface area contributed by atoms with Crippen molar-refractivity contribution in [1.82, 2.24) is 4.90 Å². The van der Waals surface area contributed by atoms with Gasteiger partial charge in [0.25, 0.3) is 0 Å². The van der Waals surface area contributed by atoms with Gasteiger partial charge in [0.1, 0.15) is 11.6 Å². The molecule has 0 amide bonds. The van der Waals surface area contributed by atoms with Gasteiger partial charge in [-0.05, 0) is 59.5 Å². The van der Waals surface area contributed by atoms with Gasteiger partial charge in [0, 0.05) is 25.3 Å². The monoisotopic (exact) mass is 416 g/mol. The average molecular weight is 417 g/mol. The second-order valence-corrected chi connectivity index (χ2v) is 7.75. The topological polar surface area (TPSA) is 38.5 Å². The molecule has 2 N–H and O–H groups in total. The molecular formula is C22H19Cl2FN2O. The lowest BCUT2D eigenvalue weighted by molar-refractivity contribution is 0.245. The van der Waals surface area contributed by atoms with Crippen molar-refractivity contribution < 1.29 is 9.13 Å². The fourth-order valence-corrected chi connectivity index (χ4v) is 4.06. The maximum atomic E-state index is 13.4. The van der Waals surface area contributed by atoms with Gasteiger partial charge < -0.3 is 10.5 Å². The van der Waals surface area contributed by atoms with E-state index < -0.39 is 0 Å². The zero-order valence-corrected chi connectivity index (χ0v) is 16.6. The molecule has 0 saturated heterocycles. The molecule has 0 spiro atoms. The lowest BCUT2D eigenvalue weighted by Crippen LogP contribution is -2.30. The van der Waals surface area contributed by atoms with E-state index >= 15 is 0 Å². The number of benzene rings is 3. The van der Waals surface area contributed by atoms with Gasteiger partial charge in [-0.15, -0.1) is 0 Å². The van der Waals surface area contributed by atoms with Crippen LogP contribution in [0.2, 0.25) is 10.0 Å². The Morgan fingerprint density at radius 3 is 2.54 bits per heavy atom. The molecule has 3 aromatic rings. The van der Waals surface area contributed by atoms with Crippen molar-refractivity contribution in [1.29, 1.82) is 0 Å². The third kappa shape index (κ3) is 4.25. The van der Waals surface area contributed by atoms with Crippen molar-refractivity contribution in [2.45, 2.75) is 19.5 Å². The van der Waals surface area contributed by atoms with Gasteiger partial charge in [-0.25, -0.2) is 4.39 Å². The Hall–Kier alpha value is -2.27. The van der Waals surface area contributed by atoms with Crippen LogP contribution in [0.15, 0.2) is 54.6 Å². The van der Waals surface area contributed by atoms with Gasteiger partial charge in [-0.1, -0.05) is 41.4 Å². The largest absolute Gasteiger partial charge is 0.454 e. The Kier molecular flexibility index (Phi) is 5.44. The quantitative estimate of drug-likeness (QED) is 0.524. The number of nitrogens with two attached hydrogens (primary N) is 1. The van der Waals surface area contributed by atoms with E-state index in [1.165, 1.54) is 17.2 Å². The molecule has 0 aromatic heterocycles. The molecule has 0 fully saturated rings. The highest BCUT2D eigenvalue weighted by atomic mass is 35.5. The number of halogens is 3. The predicted molar refractivity (Wildman–Crippen MR) is 112 cm³/mol. The molecule has 1 heterocycles. The van der Waals surface area contributed by atoms with Crippen molar-refractivity contribution in [3.63, 3.8) is 0 Å². The van der Waals surface area contributed by atoms with Crippen LogP contribution in [0.3, 0.4) is 0 Å². The number of hydrogen-bond donors (Lipinski definition) is 1. The van der Waals surface area contributed by atoms with Gasteiger partial charge in [0.05, 0.1) is 10.0 Å². The lowest BCUT2D eigenvalue weighted by Gasteiger charge is -2.29. The Morgan fingerprint density at radius 2 is 1.79 bits per heavy atom. The number of hydrogen-bond acceptors (Lipinski definition) is 3. The predicted octanol–water partition coefficient (Wildman–Crippen LogP) is 6.07. The molecule has 28 heavy (non-hydrogen) atoms. The molecule has 3 nitrogen and oxygen atoms in total. The first kappa shape index (κ1) is 19.1. The Morgan fingerprint density at radius 1 is 1.00 bits per heavy atom. The molecule has 0 unspecified atom stereocenters. The standard InChI is InChI=1S/C22H19Cl2FN2O/c23-20-10-18(26)11-21(24)22(20)28-19-5-4-16-13-27(7-6-15(16)9-19)12-14-2-1-3-17(25)8-14/h1-5,8-11H,6-7,12-13,26H2. The van der Waals surface area contributed by atoms with Crippen LogP contribution in [0, 0.1) is 5.82 Å². The van der Waals surface area contributed by atoms with E-state index in [2.05, 4.69) is 11.0 Å². The van der Waals surface area contributed by atoms with Crippen molar-refractivity contribution in [2.24, 2.45) is 0 Å². The van der Waals surface area contributed by atoms with E-state index in [9.17, 15) is 4.39 Å². The minimum Gasteiger partial charge on any atom is -0.454 e. The summed E-state index contributed by atoms with van der Waals surface area (Å²) in [5.74, 6) is 0.892. The van der Waals surface area contributed by atoms with E-state index in [-0.39, 0.29) is 5.82 Å². The molecule has 6 heteroatoms. The molecule has 4 rings (SSSR count). The zero-order chi connectivity index (χ0) is 19.7. The summed E-state index contributed by atoms with van der Waals surface area (Å²) in [6.45, 7) is 2.44. The molecule has 0 atom stereocenters. The minimum atomic E-state index is -0.198. The van der Waals surface area contributed by atoms with Crippen LogP contribution in [0.1, 0.15) is 16.7 Å². The first-order valence-electron chi connectivity index (χ1n) is 8.99. The molecule has 0 aliphatic carbocycles. The molecule has 144 valence electrons. The normalized spacial score (nSPS) is 14.0. The third-order valence-electron chi connectivity index (χ3n) is 4.80. The molecule has 0 saturated carbocycles.